The molecule has 4 aromatic rings. The van der Waals surface area contributed by atoms with Crippen molar-refractivity contribution in [2.24, 2.45) is 0 Å². The molecule has 2 aromatic heterocycles. The monoisotopic (exact) mass is 422 g/mol. The number of hydrogen-bond acceptors (Lipinski definition) is 5. The fourth-order valence-corrected chi connectivity index (χ4v) is 4.06. The molecule has 0 aliphatic carbocycles. The molecule has 2 heterocycles. The van der Waals surface area contributed by atoms with Crippen LogP contribution in [0.1, 0.15) is 0 Å². The van der Waals surface area contributed by atoms with Gasteiger partial charge in [0.2, 0.25) is 0 Å². The Morgan fingerprint density at radius 1 is 0.923 bits per heavy atom. The number of hydrogen-bond donors (Lipinski definition) is 1. The molecular formula is C19H12AsFN4S. The van der Waals surface area contributed by atoms with Crippen LogP contribution in [0.3, 0.4) is 0 Å². The van der Waals surface area contributed by atoms with Crippen LogP contribution < -0.4 is 9.11 Å². The number of anilines is 2. The Balaban J connectivity index is 1.72. The van der Waals surface area contributed by atoms with E-state index < -0.39 is 0 Å². The first-order valence-corrected chi connectivity index (χ1v) is 9.56. The van der Waals surface area contributed by atoms with Crippen molar-refractivity contribution in [3.05, 3.63) is 72.7 Å². The number of rotatable bonds is 4. The first kappa shape index (κ1) is 16.9. The number of benzene rings is 2. The molecule has 0 aliphatic rings. The first-order valence-electron chi connectivity index (χ1n) is 7.80. The van der Waals surface area contributed by atoms with Gasteiger partial charge >= 0.3 is 163 Å². The molecule has 0 fully saturated rings. The number of thiazole rings is 1. The molecule has 0 spiro atoms. The van der Waals surface area contributed by atoms with E-state index in [1.165, 1.54) is 23.5 Å². The van der Waals surface area contributed by atoms with Crippen molar-refractivity contribution in [3.63, 3.8) is 0 Å². The molecular weight excluding hydrogens is 410 g/mol. The Hall–Kier alpha value is -2.56. The van der Waals surface area contributed by atoms with E-state index in [1.54, 1.807) is 18.3 Å². The van der Waals surface area contributed by atoms with E-state index in [0.29, 0.717) is 5.95 Å². The van der Waals surface area contributed by atoms with Gasteiger partial charge in [0.15, 0.2) is 0 Å². The van der Waals surface area contributed by atoms with Gasteiger partial charge in [-0.3, -0.25) is 0 Å². The van der Waals surface area contributed by atoms with Crippen LogP contribution >= 0.6 is 11.3 Å². The summed E-state index contributed by atoms with van der Waals surface area (Å²) in [5.74, 6) is 0.244. The topological polar surface area (TPSA) is 50.7 Å². The molecule has 7 heteroatoms. The van der Waals surface area contributed by atoms with E-state index in [4.69, 9.17) is 0 Å². The Morgan fingerprint density at radius 2 is 1.69 bits per heavy atom. The van der Waals surface area contributed by atoms with Gasteiger partial charge in [-0.2, -0.15) is 0 Å². The van der Waals surface area contributed by atoms with E-state index >= 15 is 0 Å². The summed E-state index contributed by atoms with van der Waals surface area (Å²) in [5, 5.41) is 3.20. The molecule has 26 heavy (non-hydrogen) atoms. The predicted molar refractivity (Wildman–Crippen MR) is 104 cm³/mol. The maximum atomic E-state index is 13.2. The minimum absolute atomic E-state index is 0.269. The van der Waals surface area contributed by atoms with E-state index in [1.807, 2.05) is 36.4 Å². The average Bonchev–Trinajstić information content (AvgIpc) is 3.05. The van der Waals surface area contributed by atoms with Crippen LogP contribution in [0, 0.1) is 5.82 Å². The van der Waals surface area contributed by atoms with Crippen molar-refractivity contribution < 1.29 is 4.39 Å². The summed E-state index contributed by atoms with van der Waals surface area (Å²) >= 11 is 3.98. The molecule has 2 aromatic carbocycles. The van der Waals surface area contributed by atoms with Crippen LogP contribution in [-0.2, 0) is 0 Å². The molecule has 126 valence electrons. The van der Waals surface area contributed by atoms with Crippen molar-refractivity contribution in [1.29, 1.82) is 0 Å². The standard InChI is InChI=1S/C19H12AsFN4S/c20-18-25-16(12-6-8-13(21)9-7-12)17(26-18)15-10-11-22-19(24-15)23-14-4-2-1-3-5-14/h1-11H,(H,22,23,24). The molecule has 0 atom stereocenters. The summed E-state index contributed by atoms with van der Waals surface area (Å²) in [4.78, 5) is 14.4. The van der Waals surface area contributed by atoms with Crippen LogP contribution in [-0.4, -0.2) is 31.8 Å². The van der Waals surface area contributed by atoms with Gasteiger partial charge in [-0.05, 0) is 0 Å². The van der Waals surface area contributed by atoms with Gasteiger partial charge in [0.1, 0.15) is 0 Å². The fourth-order valence-electron chi connectivity index (χ4n) is 2.48. The zero-order valence-electron chi connectivity index (χ0n) is 13.4. The van der Waals surface area contributed by atoms with Gasteiger partial charge in [0.25, 0.3) is 0 Å². The van der Waals surface area contributed by atoms with Crippen LogP contribution in [0.25, 0.3) is 21.8 Å². The number of halogens is 1. The minimum atomic E-state index is -0.269. The van der Waals surface area contributed by atoms with Crippen molar-refractivity contribution >= 4 is 43.6 Å². The molecule has 4 nitrogen and oxygen atoms in total. The Labute approximate surface area is 162 Å². The molecule has 0 bridgehead atoms. The predicted octanol–water partition coefficient (Wildman–Crippen LogP) is 3.94. The summed E-state index contributed by atoms with van der Waals surface area (Å²) in [6, 6.07) is 17.9. The number of para-hydroxylation sites is 1. The molecule has 0 unspecified atom stereocenters. The Morgan fingerprint density at radius 3 is 2.46 bits per heavy atom. The van der Waals surface area contributed by atoms with E-state index in [-0.39, 0.29) is 5.82 Å². The number of aromatic nitrogens is 3. The SMILES string of the molecule is Fc1ccc(-c2nc([As])sc2-c2ccnc(Nc3ccccc3)n2)cc1. The van der Waals surface area contributed by atoms with Gasteiger partial charge < -0.3 is 0 Å². The second-order valence-corrected chi connectivity index (χ2v) is 7.98. The molecule has 1 N–H and O–H groups in total. The maximum absolute atomic E-state index is 13.2. The Kier molecular flexibility index (Phi) is 4.78. The molecule has 0 aliphatic heterocycles. The summed E-state index contributed by atoms with van der Waals surface area (Å²) in [6.45, 7) is 0. The summed E-state index contributed by atoms with van der Waals surface area (Å²) in [5.41, 5.74) is 3.33. The molecule has 0 saturated carbocycles. The third kappa shape index (κ3) is 3.66. The number of nitrogens with one attached hydrogen (secondary N) is 1. The molecule has 0 saturated heterocycles. The average molecular weight is 422 g/mol. The third-order valence-corrected chi connectivity index (χ3v) is 5.32. The van der Waals surface area contributed by atoms with Crippen molar-refractivity contribution in [2.45, 2.75) is 0 Å². The second kappa shape index (κ2) is 7.36. The second-order valence-electron chi connectivity index (χ2n) is 5.44. The van der Waals surface area contributed by atoms with Crippen LogP contribution in [0.4, 0.5) is 16.0 Å². The molecule has 2 radical (unpaired) electrons. The van der Waals surface area contributed by atoms with Gasteiger partial charge in [0.05, 0.1) is 0 Å². The van der Waals surface area contributed by atoms with Gasteiger partial charge in [-0.25, -0.2) is 0 Å². The van der Waals surface area contributed by atoms with Crippen LogP contribution in [0.2, 0.25) is 0 Å². The summed E-state index contributed by atoms with van der Waals surface area (Å²) in [6.07, 6.45) is 1.71. The normalized spacial score (nSPS) is 10.7. The zero-order chi connectivity index (χ0) is 17.9. The van der Waals surface area contributed by atoms with E-state index in [9.17, 15) is 4.39 Å². The summed E-state index contributed by atoms with van der Waals surface area (Å²) in [7, 11) is 0. The van der Waals surface area contributed by atoms with Crippen molar-refractivity contribution in [2.75, 3.05) is 5.32 Å². The Bertz CT molecular complexity index is 1040. The van der Waals surface area contributed by atoms with Gasteiger partial charge in [-0.15, -0.1) is 0 Å². The van der Waals surface area contributed by atoms with E-state index in [0.717, 1.165) is 31.3 Å². The van der Waals surface area contributed by atoms with Crippen LogP contribution in [0.5, 0.6) is 0 Å². The molecule has 0 amide bonds. The summed E-state index contributed by atoms with van der Waals surface area (Å²) < 4.78 is 14.1. The fraction of sp³-hybridized carbons (Fsp3) is 0. The van der Waals surface area contributed by atoms with Crippen LogP contribution in [0.15, 0.2) is 66.9 Å². The van der Waals surface area contributed by atoms with Crippen molar-refractivity contribution in [1.82, 2.24) is 15.0 Å². The first-order chi connectivity index (χ1) is 12.7. The third-order valence-electron chi connectivity index (χ3n) is 3.65. The van der Waals surface area contributed by atoms with E-state index in [2.05, 4.69) is 37.1 Å². The molecule has 4 rings (SSSR count). The van der Waals surface area contributed by atoms with Gasteiger partial charge in [-0.1, -0.05) is 0 Å². The van der Waals surface area contributed by atoms with Crippen molar-refractivity contribution in [3.8, 4) is 21.8 Å². The quantitative estimate of drug-likeness (QED) is 0.507. The van der Waals surface area contributed by atoms with Gasteiger partial charge in [0, 0.05) is 0 Å². The number of nitrogens with zero attached hydrogens (tertiary/aromatic N) is 3. The zero-order valence-corrected chi connectivity index (χ0v) is 16.1.